The van der Waals surface area contributed by atoms with E-state index >= 15 is 0 Å². The van der Waals surface area contributed by atoms with E-state index in [4.69, 9.17) is 4.74 Å². The second kappa shape index (κ2) is 3.69. The van der Waals surface area contributed by atoms with Crippen LogP contribution in [0, 0.1) is 0 Å². The van der Waals surface area contributed by atoms with Crippen LogP contribution in [0.2, 0.25) is 0 Å². The van der Waals surface area contributed by atoms with Crippen molar-refractivity contribution in [2.24, 2.45) is 0 Å². The fourth-order valence-corrected chi connectivity index (χ4v) is 1.53. The zero-order chi connectivity index (χ0) is 10.8. The molecule has 0 spiro atoms. The van der Waals surface area contributed by atoms with Crippen LogP contribution in [0.25, 0.3) is 0 Å². The fraction of sp³-hybridized carbons (Fsp3) is 0.167. The molecule has 0 aromatic heterocycles. The van der Waals surface area contributed by atoms with E-state index in [0.717, 1.165) is 5.56 Å². The van der Waals surface area contributed by atoms with Gasteiger partial charge >= 0.3 is 5.97 Å². The number of ether oxygens (including phenoxy) is 1. The van der Waals surface area contributed by atoms with Crippen LogP contribution in [0.5, 0.6) is 0 Å². The number of hydrogen-bond acceptors (Lipinski definition) is 3. The minimum atomic E-state index is -0.765. The summed E-state index contributed by atoms with van der Waals surface area (Å²) >= 11 is 0. The standard InChI is InChI=1S/C12H10O3/c1-8-10(11(13)12(14)15-8)7-9-5-3-2-4-6-9/h2-6H,7H2,1H3. The lowest BCUT2D eigenvalue weighted by Gasteiger charge is -1.99. The molecule has 0 amide bonds. The van der Waals surface area contributed by atoms with Gasteiger partial charge in [-0.1, -0.05) is 30.3 Å². The van der Waals surface area contributed by atoms with Crippen molar-refractivity contribution in [3.63, 3.8) is 0 Å². The van der Waals surface area contributed by atoms with E-state index < -0.39 is 11.8 Å². The molecule has 1 heterocycles. The molecule has 1 aliphatic heterocycles. The molecule has 3 heteroatoms. The van der Waals surface area contributed by atoms with Crippen LogP contribution in [0.15, 0.2) is 41.7 Å². The Balaban J connectivity index is 2.24. The molecule has 0 saturated carbocycles. The van der Waals surface area contributed by atoms with Gasteiger partial charge in [0, 0.05) is 12.0 Å². The Morgan fingerprint density at radius 1 is 1.13 bits per heavy atom. The summed E-state index contributed by atoms with van der Waals surface area (Å²) < 4.78 is 4.75. The molecule has 0 atom stereocenters. The number of benzene rings is 1. The van der Waals surface area contributed by atoms with E-state index in [-0.39, 0.29) is 0 Å². The fourth-order valence-electron chi connectivity index (χ4n) is 1.53. The summed E-state index contributed by atoms with van der Waals surface area (Å²) in [6.45, 7) is 1.64. The molecule has 0 saturated heterocycles. The first-order valence-electron chi connectivity index (χ1n) is 4.68. The summed E-state index contributed by atoms with van der Waals surface area (Å²) in [5.41, 5.74) is 1.46. The molecule has 0 fully saturated rings. The zero-order valence-corrected chi connectivity index (χ0v) is 8.32. The molecule has 1 aromatic rings. The Bertz CT molecular complexity index is 443. The minimum absolute atomic E-state index is 0.425. The Labute approximate surface area is 87.4 Å². The first kappa shape index (κ1) is 9.65. The van der Waals surface area contributed by atoms with Crippen molar-refractivity contribution in [2.75, 3.05) is 0 Å². The second-order valence-electron chi connectivity index (χ2n) is 3.42. The average molecular weight is 202 g/mol. The van der Waals surface area contributed by atoms with Gasteiger partial charge in [-0.3, -0.25) is 4.79 Å². The summed E-state index contributed by atoms with van der Waals surface area (Å²) in [4.78, 5) is 22.4. The van der Waals surface area contributed by atoms with Crippen molar-refractivity contribution in [2.45, 2.75) is 13.3 Å². The molecular weight excluding hydrogens is 192 g/mol. The van der Waals surface area contributed by atoms with Crippen molar-refractivity contribution in [1.82, 2.24) is 0 Å². The molecule has 15 heavy (non-hydrogen) atoms. The van der Waals surface area contributed by atoms with Gasteiger partial charge in [-0.05, 0) is 12.5 Å². The SMILES string of the molecule is CC1=C(Cc2ccccc2)C(=O)C(=O)O1. The van der Waals surface area contributed by atoms with Gasteiger partial charge in [0.15, 0.2) is 0 Å². The van der Waals surface area contributed by atoms with Gasteiger partial charge in [0.1, 0.15) is 5.76 Å². The molecule has 0 unspecified atom stereocenters. The summed E-state index contributed by atoms with van der Waals surface area (Å²) in [5.74, 6) is -0.858. The number of Topliss-reactive ketones (excluding diaryl/α,β-unsaturated/α-hetero) is 1. The highest BCUT2D eigenvalue weighted by Gasteiger charge is 2.31. The highest BCUT2D eigenvalue weighted by atomic mass is 16.5. The van der Waals surface area contributed by atoms with Crippen LogP contribution in [0.1, 0.15) is 12.5 Å². The third-order valence-corrected chi connectivity index (χ3v) is 2.35. The van der Waals surface area contributed by atoms with E-state index in [1.165, 1.54) is 0 Å². The third kappa shape index (κ3) is 1.81. The molecule has 1 aliphatic rings. The number of cyclic esters (lactones) is 1. The van der Waals surface area contributed by atoms with E-state index in [2.05, 4.69) is 0 Å². The summed E-state index contributed by atoms with van der Waals surface area (Å²) in [6, 6.07) is 9.52. The Hall–Kier alpha value is -1.90. The number of rotatable bonds is 2. The molecule has 0 radical (unpaired) electrons. The van der Waals surface area contributed by atoms with Gasteiger partial charge in [-0.15, -0.1) is 0 Å². The van der Waals surface area contributed by atoms with Crippen LogP contribution in [0.4, 0.5) is 0 Å². The minimum Gasteiger partial charge on any atom is -0.425 e. The van der Waals surface area contributed by atoms with Crippen molar-refractivity contribution >= 4 is 11.8 Å². The normalized spacial score (nSPS) is 15.8. The monoisotopic (exact) mass is 202 g/mol. The van der Waals surface area contributed by atoms with Crippen LogP contribution >= 0.6 is 0 Å². The smallest absolute Gasteiger partial charge is 0.384 e. The van der Waals surface area contributed by atoms with Crippen molar-refractivity contribution < 1.29 is 14.3 Å². The number of allylic oxidation sites excluding steroid dienone is 1. The molecule has 0 N–H and O–H groups in total. The molecular formula is C12H10O3. The zero-order valence-electron chi connectivity index (χ0n) is 8.32. The second-order valence-corrected chi connectivity index (χ2v) is 3.42. The molecule has 76 valence electrons. The Morgan fingerprint density at radius 2 is 1.80 bits per heavy atom. The highest BCUT2D eigenvalue weighted by molar-refractivity contribution is 6.42. The van der Waals surface area contributed by atoms with Gasteiger partial charge in [0.05, 0.1) is 0 Å². The predicted molar refractivity (Wildman–Crippen MR) is 53.9 cm³/mol. The lowest BCUT2D eigenvalue weighted by molar-refractivity contribution is -0.146. The summed E-state index contributed by atoms with van der Waals surface area (Å²) in [5, 5.41) is 0. The molecule has 0 bridgehead atoms. The van der Waals surface area contributed by atoms with Crippen LogP contribution in [-0.2, 0) is 20.7 Å². The average Bonchev–Trinajstić information content (AvgIpc) is 2.47. The number of ketones is 1. The maximum Gasteiger partial charge on any atom is 0.384 e. The highest BCUT2D eigenvalue weighted by Crippen LogP contribution is 2.20. The van der Waals surface area contributed by atoms with Crippen molar-refractivity contribution in [1.29, 1.82) is 0 Å². The van der Waals surface area contributed by atoms with Gasteiger partial charge in [-0.25, -0.2) is 4.79 Å². The number of carbonyl (C=O) groups excluding carboxylic acids is 2. The first-order chi connectivity index (χ1) is 7.18. The topological polar surface area (TPSA) is 43.4 Å². The van der Waals surface area contributed by atoms with E-state index in [1.54, 1.807) is 6.92 Å². The van der Waals surface area contributed by atoms with E-state index in [9.17, 15) is 9.59 Å². The molecule has 0 aliphatic carbocycles. The maximum atomic E-state index is 11.4. The maximum absolute atomic E-state index is 11.4. The quantitative estimate of drug-likeness (QED) is 0.540. The summed E-state index contributed by atoms with van der Waals surface area (Å²) in [7, 11) is 0. The number of carbonyl (C=O) groups is 2. The van der Waals surface area contributed by atoms with Crippen LogP contribution < -0.4 is 0 Å². The van der Waals surface area contributed by atoms with Crippen molar-refractivity contribution in [3.05, 3.63) is 47.2 Å². The van der Waals surface area contributed by atoms with Gasteiger partial charge in [-0.2, -0.15) is 0 Å². The number of hydrogen-bond donors (Lipinski definition) is 0. The lowest BCUT2D eigenvalue weighted by atomic mass is 10.0. The lowest BCUT2D eigenvalue weighted by Crippen LogP contribution is -2.10. The largest absolute Gasteiger partial charge is 0.425 e. The van der Waals surface area contributed by atoms with E-state index in [1.807, 2.05) is 30.3 Å². The molecule has 1 aromatic carbocycles. The van der Waals surface area contributed by atoms with Gasteiger partial charge in [0.25, 0.3) is 5.78 Å². The Kier molecular flexibility index (Phi) is 2.37. The van der Waals surface area contributed by atoms with Crippen LogP contribution in [-0.4, -0.2) is 11.8 Å². The van der Waals surface area contributed by atoms with Gasteiger partial charge < -0.3 is 4.74 Å². The third-order valence-electron chi connectivity index (χ3n) is 2.35. The molecule has 3 nitrogen and oxygen atoms in total. The van der Waals surface area contributed by atoms with E-state index in [0.29, 0.717) is 17.8 Å². The molecule has 2 rings (SSSR count). The predicted octanol–water partition coefficient (Wildman–Crippen LogP) is 1.63. The van der Waals surface area contributed by atoms with Crippen LogP contribution in [0.3, 0.4) is 0 Å². The number of esters is 1. The first-order valence-corrected chi connectivity index (χ1v) is 4.68. The van der Waals surface area contributed by atoms with Crippen molar-refractivity contribution in [3.8, 4) is 0 Å². The van der Waals surface area contributed by atoms with Gasteiger partial charge in [0.2, 0.25) is 0 Å². The summed E-state index contributed by atoms with van der Waals surface area (Å²) in [6.07, 6.45) is 0.456. The Morgan fingerprint density at radius 3 is 2.33 bits per heavy atom.